The number of hydrogen-bond donors (Lipinski definition) is 2. The average Bonchev–Trinajstić information content (AvgIpc) is 3.38. The third-order valence-corrected chi connectivity index (χ3v) is 7.81. The maximum Gasteiger partial charge on any atom is 0.267 e. The highest BCUT2D eigenvalue weighted by Crippen LogP contribution is 2.28. The second kappa shape index (κ2) is 11.7. The Bertz CT molecular complexity index is 1710. The zero-order valence-corrected chi connectivity index (χ0v) is 22.2. The van der Waals surface area contributed by atoms with Crippen molar-refractivity contribution >= 4 is 50.8 Å². The number of carbonyl (C=O) groups excluding carboxylic acids is 1. The highest BCUT2D eigenvalue weighted by molar-refractivity contribution is 8.00. The summed E-state index contributed by atoms with van der Waals surface area (Å²) < 4.78 is 9.19. The standard InChI is InChI=1S/C26H25N7O3S2/c1-2-36-14-8-13-33-21(27)18(15-19-22(33)28-20-11-6-7-12-32(20)24(19)35)23(34)29-25-30-31-26(38-25)37-16-17-9-4-3-5-10-17/h3-7,9-12,15,27H,2,8,13-14,16H2,1H3,(H,29,30,34). The number of benzene rings is 1. The van der Waals surface area contributed by atoms with Crippen molar-refractivity contribution in [3.8, 4) is 0 Å². The van der Waals surface area contributed by atoms with Crippen LogP contribution in [-0.2, 0) is 17.0 Å². The van der Waals surface area contributed by atoms with Crippen molar-refractivity contribution in [3.63, 3.8) is 0 Å². The van der Waals surface area contributed by atoms with Gasteiger partial charge in [-0.2, -0.15) is 0 Å². The Morgan fingerprint density at radius 1 is 1.16 bits per heavy atom. The van der Waals surface area contributed by atoms with Gasteiger partial charge in [-0.15, -0.1) is 10.2 Å². The van der Waals surface area contributed by atoms with Gasteiger partial charge in [0.25, 0.3) is 11.5 Å². The average molecular weight is 548 g/mol. The Morgan fingerprint density at radius 3 is 2.79 bits per heavy atom. The summed E-state index contributed by atoms with van der Waals surface area (Å²) in [5.41, 5.74) is 1.69. The van der Waals surface area contributed by atoms with Crippen LogP contribution in [0.5, 0.6) is 0 Å². The van der Waals surface area contributed by atoms with Gasteiger partial charge >= 0.3 is 0 Å². The molecular weight excluding hydrogens is 522 g/mol. The van der Waals surface area contributed by atoms with Gasteiger partial charge in [-0.1, -0.05) is 59.5 Å². The van der Waals surface area contributed by atoms with Crippen molar-refractivity contribution < 1.29 is 9.53 Å². The van der Waals surface area contributed by atoms with Crippen LogP contribution in [0.3, 0.4) is 0 Å². The number of nitrogens with one attached hydrogen (secondary N) is 2. The summed E-state index contributed by atoms with van der Waals surface area (Å²) >= 11 is 2.79. The minimum atomic E-state index is -0.538. The topological polar surface area (TPSA) is 127 Å². The van der Waals surface area contributed by atoms with E-state index in [4.69, 9.17) is 10.1 Å². The van der Waals surface area contributed by atoms with E-state index in [9.17, 15) is 9.59 Å². The number of ether oxygens (including phenoxy) is 1. The number of nitrogens with zero attached hydrogens (tertiary/aromatic N) is 5. The van der Waals surface area contributed by atoms with Gasteiger partial charge in [0.05, 0.1) is 10.9 Å². The predicted molar refractivity (Wildman–Crippen MR) is 148 cm³/mol. The molecule has 0 saturated heterocycles. The molecule has 0 aliphatic carbocycles. The Labute approximate surface area is 225 Å². The number of fused-ring (bicyclic) bond motifs is 2. The fraction of sp³-hybridized carbons (Fsp3) is 0.231. The molecule has 12 heteroatoms. The lowest BCUT2D eigenvalue weighted by Gasteiger charge is -2.14. The first-order valence-corrected chi connectivity index (χ1v) is 13.8. The number of rotatable bonds is 10. The molecule has 0 radical (unpaired) electrons. The van der Waals surface area contributed by atoms with E-state index >= 15 is 0 Å². The van der Waals surface area contributed by atoms with E-state index in [0.29, 0.717) is 46.9 Å². The van der Waals surface area contributed by atoms with Crippen molar-refractivity contribution in [3.05, 3.63) is 87.8 Å². The normalized spacial score (nSPS) is 11.3. The monoisotopic (exact) mass is 547 g/mol. The van der Waals surface area contributed by atoms with E-state index in [1.54, 1.807) is 29.0 Å². The molecule has 0 fully saturated rings. The van der Waals surface area contributed by atoms with Gasteiger partial charge in [0.1, 0.15) is 16.8 Å². The molecule has 5 aromatic rings. The molecule has 38 heavy (non-hydrogen) atoms. The quantitative estimate of drug-likeness (QED) is 0.117. The predicted octanol–water partition coefficient (Wildman–Crippen LogP) is 3.95. The summed E-state index contributed by atoms with van der Waals surface area (Å²) in [6, 6.07) is 16.7. The van der Waals surface area contributed by atoms with Crippen LogP contribution in [0, 0.1) is 5.41 Å². The summed E-state index contributed by atoms with van der Waals surface area (Å²) in [6.07, 6.45) is 2.23. The molecule has 5 rings (SSSR count). The number of hydrogen-bond acceptors (Lipinski definition) is 9. The maximum atomic E-state index is 13.3. The van der Waals surface area contributed by atoms with Crippen LogP contribution in [0.1, 0.15) is 29.3 Å². The molecule has 0 atom stereocenters. The van der Waals surface area contributed by atoms with E-state index in [0.717, 1.165) is 11.3 Å². The minimum Gasteiger partial charge on any atom is -0.382 e. The molecule has 0 aliphatic heterocycles. The first-order valence-electron chi connectivity index (χ1n) is 12.0. The summed E-state index contributed by atoms with van der Waals surface area (Å²) in [5.74, 6) is 0.196. The largest absolute Gasteiger partial charge is 0.382 e. The molecule has 0 saturated carbocycles. The van der Waals surface area contributed by atoms with Crippen molar-refractivity contribution in [2.75, 3.05) is 18.5 Å². The van der Waals surface area contributed by atoms with Crippen LogP contribution in [0.15, 0.2) is 69.9 Å². The number of amides is 1. The molecule has 10 nitrogen and oxygen atoms in total. The van der Waals surface area contributed by atoms with E-state index in [2.05, 4.69) is 20.5 Å². The van der Waals surface area contributed by atoms with Crippen molar-refractivity contribution in [2.24, 2.45) is 0 Å². The minimum absolute atomic E-state index is 0.0399. The second-order valence-electron chi connectivity index (χ2n) is 8.29. The van der Waals surface area contributed by atoms with Gasteiger partial charge in [-0.25, -0.2) is 4.98 Å². The highest BCUT2D eigenvalue weighted by atomic mass is 32.2. The third-order valence-electron chi connectivity index (χ3n) is 5.77. The number of carbonyl (C=O) groups is 1. The molecular formula is C26H25N7O3S2. The van der Waals surface area contributed by atoms with Crippen LogP contribution in [-0.4, -0.2) is 43.3 Å². The van der Waals surface area contributed by atoms with Crippen molar-refractivity contribution in [1.82, 2.24) is 24.1 Å². The fourth-order valence-corrected chi connectivity index (χ4v) is 5.65. The first-order chi connectivity index (χ1) is 18.5. The number of thioether (sulfide) groups is 1. The summed E-state index contributed by atoms with van der Waals surface area (Å²) in [5, 5.41) is 20.4. The van der Waals surface area contributed by atoms with Crippen LogP contribution < -0.4 is 16.4 Å². The van der Waals surface area contributed by atoms with Crippen LogP contribution in [0.2, 0.25) is 0 Å². The van der Waals surface area contributed by atoms with Gasteiger partial charge in [-0.05, 0) is 37.1 Å². The molecule has 0 unspecified atom stereocenters. The van der Waals surface area contributed by atoms with Gasteiger partial charge < -0.3 is 9.30 Å². The van der Waals surface area contributed by atoms with Crippen LogP contribution in [0.25, 0.3) is 16.7 Å². The number of aromatic nitrogens is 5. The molecule has 2 N–H and O–H groups in total. The summed E-state index contributed by atoms with van der Waals surface area (Å²) in [6.45, 7) is 3.35. The molecule has 4 heterocycles. The summed E-state index contributed by atoms with van der Waals surface area (Å²) in [7, 11) is 0. The Kier molecular flexibility index (Phi) is 7.91. The molecule has 194 valence electrons. The summed E-state index contributed by atoms with van der Waals surface area (Å²) in [4.78, 5) is 31.3. The number of aryl methyl sites for hydroxylation is 1. The number of pyridine rings is 2. The lowest BCUT2D eigenvalue weighted by molar-refractivity contribution is 0.102. The fourth-order valence-electron chi connectivity index (χ4n) is 3.95. The second-order valence-corrected chi connectivity index (χ2v) is 10.5. The lowest BCUT2D eigenvalue weighted by atomic mass is 10.2. The van der Waals surface area contributed by atoms with Gasteiger partial charge in [0.15, 0.2) is 4.34 Å². The highest BCUT2D eigenvalue weighted by Gasteiger charge is 2.19. The zero-order chi connectivity index (χ0) is 26.5. The van der Waals surface area contributed by atoms with Crippen LogP contribution >= 0.6 is 23.1 Å². The van der Waals surface area contributed by atoms with E-state index in [1.165, 1.54) is 33.6 Å². The Morgan fingerprint density at radius 2 is 1.97 bits per heavy atom. The van der Waals surface area contributed by atoms with E-state index in [1.807, 2.05) is 37.3 Å². The van der Waals surface area contributed by atoms with Gasteiger partial charge in [-0.3, -0.25) is 24.7 Å². The zero-order valence-electron chi connectivity index (χ0n) is 20.6. The number of anilines is 1. The molecule has 0 bridgehead atoms. The third kappa shape index (κ3) is 5.52. The van der Waals surface area contributed by atoms with Crippen molar-refractivity contribution in [1.29, 1.82) is 5.41 Å². The van der Waals surface area contributed by atoms with E-state index < -0.39 is 5.91 Å². The van der Waals surface area contributed by atoms with Gasteiger partial charge in [0.2, 0.25) is 5.13 Å². The maximum absolute atomic E-state index is 13.3. The molecule has 4 aromatic heterocycles. The first kappa shape index (κ1) is 25.8. The van der Waals surface area contributed by atoms with Gasteiger partial charge in [0, 0.05) is 31.7 Å². The smallest absolute Gasteiger partial charge is 0.267 e. The van der Waals surface area contributed by atoms with E-state index in [-0.39, 0.29) is 22.0 Å². The Hall–Kier alpha value is -3.87. The molecule has 0 spiro atoms. The molecule has 1 amide bonds. The Balaban J connectivity index is 1.46. The molecule has 0 aliphatic rings. The molecule has 1 aromatic carbocycles. The lowest BCUT2D eigenvalue weighted by Crippen LogP contribution is -2.32. The van der Waals surface area contributed by atoms with Crippen LogP contribution in [0.4, 0.5) is 5.13 Å². The SMILES string of the molecule is CCOCCCn1c(=N)c(C(=O)Nc2nnc(SCc3ccccc3)s2)cc2c(=O)n3ccccc3nc21. The van der Waals surface area contributed by atoms with Crippen molar-refractivity contribution in [2.45, 2.75) is 30.0 Å².